The number of fused-ring (bicyclic) bond motifs is 1. The van der Waals surface area contributed by atoms with Gasteiger partial charge in [0.1, 0.15) is 5.52 Å². The molecule has 6 nitrogen and oxygen atoms in total. The molecule has 0 unspecified atom stereocenters. The topological polar surface area (TPSA) is 77.4 Å². The summed E-state index contributed by atoms with van der Waals surface area (Å²) in [6, 6.07) is 13.8. The minimum atomic E-state index is -0.355. The molecular formula is C20H23N2O4P. The van der Waals surface area contributed by atoms with Crippen LogP contribution in [0.15, 0.2) is 42.5 Å². The van der Waals surface area contributed by atoms with Crippen LogP contribution in [0.2, 0.25) is 0 Å². The average Bonchev–Trinajstić information content (AvgIpc) is 3.08. The fourth-order valence-corrected chi connectivity index (χ4v) is 3.69. The summed E-state index contributed by atoms with van der Waals surface area (Å²) in [5.41, 5.74) is 3.25. The lowest BCUT2D eigenvalue weighted by Gasteiger charge is -2.06. The molecule has 0 atom stereocenters. The smallest absolute Gasteiger partial charge is 0.293 e. The highest BCUT2D eigenvalue weighted by molar-refractivity contribution is 7.64. The van der Waals surface area contributed by atoms with Gasteiger partial charge in [-0.25, -0.2) is 0 Å². The van der Waals surface area contributed by atoms with Crippen molar-refractivity contribution in [3.8, 4) is 11.3 Å². The Morgan fingerprint density at radius 3 is 2.48 bits per heavy atom. The van der Waals surface area contributed by atoms with Gasteiger partial charge in [0.05, 0.1) is 24.7 Å². The van der Waals surface area contributed by atoms with Crippen LogP contribution in [0, 0.1) is 10.1 Å². The SMILES string of the molecule is COCCOCc1cc([N+](=O)[O-])c2[nH]c(-c3ccc(P(C)C)cc3)cc2c1. The molecule has 0 aliphatic rings. The van der Waals surface area contributed by atoms with Crippen molar-refractivity contribution in [3.63, 3.8) is 0 Å². The summed E-state index contributed by atoms with van der Waals surface area (Å²) >= 11 is 0. The number of nitrogens with zero attached hydrogens (tertiary/aromatic N) is 1. The average molecular weight is 386 g/mol. The minimum absolute atomic E-state index is 0.0614. The highest BCUT2D eigenvalue weighted by atomic mass is 31.1. The van der Waals surface area contributed by atoms with E-state index >= 15 is 0 Å². The summed E-state index contributed by atoms with van der Waals surface area (Å²) in [7, 11) is 1.46. The van der Waals surface area contributed by atoms with Gasteiger partial charge in [0.25, 0.3) is 5.69 Å². The number of hydrogen-bond acceptors (Lipinski definition) is 4. The van der Waals surface area contributed by atoms with E-state index in [2.05, 4.69) is 42.6 Å². The normalized spacial score (nSPS) is 11.4. The van der Waals surface area contributed by atoms with E-state index in [4.69, 9.17) is 9.47 Å². The van der Waals surface area contributed by atoms with Crippen molar-refractivity contribution < 1.29 is 14.4 Å². The van der Waals surface area contributed by atoms with Crippen molar-refractivity contribution in [2.24, 2.45) is 0 Å². The van der Waals surface area contributed by atoms with E-state index < -0.39 is 0 Å². The summed E-state index contributed by atoms with van der Waals surface area (Å²) in [6.07, 6.45) is 0. The van der Waals surface area contributed by atoms with Crippen LogP contribution < -0.4 is 5.30 Å². The van der Waals surface area contributed by atoms with Crippen LogP contribution in [-0.2, 0) is 16.1 Å². The third kappa shape index (κ3) is 4.53. The van der Waals surface area contributed by atoms with Gasteiger partial charge >= 0.3 is 0 Å². The molecular weight excluding hydrogens is 363 g/mol. The Morgan fingerprint density at radius 2 is 1.85 bits per heavy atom. The number of H-pyrrole nitrogens is 1. The predicted molar refractivity (Wildman–Crippen MR) is 110 cm³/mol. The number of methoxy groups -OCH3 is 1. The number of ether oxygens (including phenoxy) is 2. The van der Waals surface area contributed by atoms with Gasteiger partial charge in [0.15, 0.2) is 0 Å². The Labute approximate surface area is 159 Å². The number of aromatic nitrogens is 1. The highest BCUT2D eigenvalue weighted by Gasteiger charge is 2.17. The number of benzene rings is 2. The van der Waals surface area contributed by atoms with Crippen LogP contribution in [-0.4, -0.2) is 43.6 Å². The number of nitro groups is 1. The summed E-state index contributed by atoms with van der Waals surface area (Å²) < 4.78 is 10.5. The van der Waals surface area contributed by atoms with Gasteiger partial charge in [-0.1, -0.05) is 32.2 Å². The third-order valence-corrected chi connectivity index (χ3v) is 5.69. The van der Waals surface area contributed by atoms with Gasteiger partial charge in [-0.2, -0.15) is 0 Å². The zero-order valence-corrected chi connectivity index (χ0v) is 16.6. The molecule has 0 spiro atoms. The number of hydrogen-bond donors (Lipinski definition) is 1. The zero-order chi connectivity index (χ0) is 19.4. The molecule has 1 heterocycles. The molecule has 0 radical (unpaired) electrons. The molecule has 0 aliphatic heterocycles. The number of aromatic amines is 1. The lowest BCUT2D eigenvalue weighted by molar-refractivity contribution is -0.383. The van der Waals surface area contributed by atoms with E-state index in [1.807, 2.05) is 12.1 Å². The van der Waals surface area contributed by atoms with Gasteiger partial charge < -0.3 is 14.5 Å². The third-order valence-electron chi connectivity index (χ3n) is 4.36. The van der Waals surface area contributed by atoms with Crippen molar-refractivity contribution in [2.45, 2.75) is 6.61 Å². The monoisotopic (exact) mass is 386 g/mol. The van der Waals surface area contributed by atoms with Crippen LogP contribution in [0.3, 0.4) is 0 Å². The summed E-state index contributed by atoms with van der Waals surface area (Å²) in [5, 5.41) is 13.7. The molecule has 0 saturated carbocycles. The van der Waals surface area contributed by atoms with Gasteiger partial charge in [-0.15, -0.1) is 0 Å². The molecule has 7 heteroatoms. The van der Waals surface area contributed by atoms with Crippen LogP contribution in [0.5, 0.6) is 0 Å². The molecule has 27 heavy (non-hydrogen) atoms. The molecule has 0 bridgehead atoms. The molecule has 3 aromatic rings. The quantitative estimate of drug-likeness (QED) is 0.271. The van der Waals surface area contributed by atoms with E-state index in [9.17, 15) is 10.1 Å². The summed E-state index contributed by atoms with van der Waals surface area (Å²) in [6.45, 7) is 5.68. The zero-order valence-electron chi connectivity index (χ0n) is 15.7. The largest absolute Gasteiger partial charge is 0.382 e. The molecule has 1 N–H and O–H groups in total. The molecule has 0 saturated heterocycles. The van der Waals surface area contributed by atoms with E-state index in [1.165, 1.54) is 5.30 Å². The lowest BCUT2D eigenvalue weighted by atomic mass is 10.1. The maximum atomic E-state index is 11.5. The lowest BCUT2D eigenvalue weighted by Crippen LogP contribution is -2.02. The number of nitrogens with one attached hydrogen (secondary N) is 1. The Morgan fingerprint density at radius 1 is 1.11 bits per heavy atom. The molecule has 2 aromatic carbocycles. The first-order valence-electron chi connectivity index (χ1n) is 8.64. The highest BCUT2D eigenvalue weighted by Crippen LogP contribution is 2.32. The fraction of sp³-hybridized carbons (Fsp3) is 0.300. The van der Waals surface area contributed by atoms with Gasteiger partial charge in [0, 0.05) is 24.3 Å². The van der Waals surface area contributed by atoms with Crippen molar-refractivity contribution in [3.05, 3.63) is 58.1 Å². The van der Waals surface area contributed by atoms with Crippen LogP contribution >= 0.6 is 7.92 Å². The molecule has 0 fully saturated rings. The second kappa shape index (κ2) is 8.61. The molecule has 3 rings (SSSR count). The van der Waals surface area contributed by atoms with Crippen LogP contribution in [0.1, 0.15) is 5.56 Å². The van der Waals surface area contributed by atoms with E-state index in [0.29, 0.717) is 25.3 Å². The van der Waals surface area contributed by atoms with E-state index in [-0.39, 0.29) is 18.5 Å². The minimum Gasteiger partial charge on any atom is -0.382 e. The second-order valence-corrected chi connectivity index (χ2v) is 8.81. The first-order chi connectivity index (χ1) is 13.0. The Kier molecular flexibility index (Phi) is 6.22. The van der Waals surface area contributed by atoms with E-state index in [0.717, 1.165) is 22.2 Å². The van der Waals surface area contributed by atoms with Gasteiger partial charge in [-0.3, -0.25) is 10.1 Å². The molecule has 142 valence electrons. The Balaban J connectivity index is 1.94. The number of nitro benzene ring substituents is 1. The second-order valence-electron chi connectivity index (χ2n) is 6.51. The predicted octanol–water partition coefficient (Wildman–Crippen LogP) is 4.27. The van der Waals surface area contributed by atoms with Gasteiger partial charge in [-0.05, 0) is 41.9 Å². The first kappa shape index (κ1) is 19.5. The summed E-state index contributed by atoms with van der Waals surface area (Å²) in [4.78, 5) is 14.4. The summed E-state index contributed by atoms with van der Waals surface area (Å²) in [5.74, 6) is 0. The van der Waals surface area contributed by atoms with Crippen LogP contribution in [0.25, 0.3) is 22.2 Å². The van der Waals surface area contributed by atoms with Crippen molar-refractivity contribution in [1.29, 1.82) is 0 Å². The van der Waals surface area contributed by atoms with Gasteiger partial charge in [0.2, 0.25) is 0 Å². The Bertz CT molecular complexity index is 935. The van der Waals surface area contributed by atoms with Crippen molar-refractivity contribution in [1.82, 2.24) is 4.98 Å². The Hall–Kier alpha value is -2.27. The maximum Gasteiger partial charge on any atom is 0.293 e. The van der Waals surface area contributed by atoms with Crippen LogP contribution in [0.4, 0.5) is 5.69 Å². The molecule has 1 aromatic heterocycles. The molecule has 0 aliphatic carbocycles. The maximum absolute atomic E-state index is 11.5. The number of non-ortho nitro benzene ring substituents is 1. The number of rotatable bonds is 8. The van der Waals surface area contributed by atoms with Crippen molar-refractivity contribution >= 4 is 29.8 Å². The standard InChI is InChI=1S/C20H23N2O4P/c1-25-8-9-26-13-14-10-16-12-18(21-20(16)19(11-14)22(23)24)15-4-6-17(7-5-15)27(2)3/h4-7,10-12,21H,8-9,13H2,1-3H3. The van der Waals surface area contributed by atoms with Crippen molar-refractivity contribution in [2.75, 3.05) is 33.7 Å². The first-order valence-corrected chi connectivity index (χ1v) is 10.9. The molecule has 0 amide bonds. The fourth-order valence-electron chi connectivity index (χ4n) is 2.94. The van der Waals surface area contributed by atoms with E-state index in [1.54, 1.807) is 13.2 Å².